The molecule has 0 aliphatic carbocycles. The van der Waals surface area contributed by atoms with E-state index in [4.69, 9.17) is 4.74 Å². The SMILES string of the molecule is CC(C)c1nc2ccc(NCC3(CO)COC3)cc2s1. The lowest BCUT2D eigenvalue weighted by Gasteiger charge is -2.40. The predicted molar refractivity (Wildman–Crippen MR) is 82.5 cm³/mol. The lowest BCUT2D eigenvalue weighted by Crippen LogP contribution is -2.50. The average Bonchev–Trinajstić information content (AvgIpc) is 2.81. The Bertz CT molecular complexity index is 599. The molecule has 3 rings (SSSR count). The summed E-state index contributed by atoms with van der Waals surface area (Å²) in [5, 5.41) is 14.0. The Morgan fingerprint density at radius 3 is 2.85 bits per heavy atom. The van der Waals surface area contributed by atoms with Gasteiger partial charge in [-0.2, -0.15) is 0 Å². The molecule has 0 bridgehead atoms. The van der Waals surface area contributed by atoms with E-state index in [1.54, 1.807) is 11.3 Å². The van der Waals surface area contributed by atoms with Crippen LogP contribution in [0.15, 0.2) is 18.2 Å². The van der Waals surface area contributed by atoms with Gasteiger partial charge in [0.05, 0.1) is 40.5 Å². The van der Waals surface area contributed by atoms with E-state index in [0.717, 1.165) is 17.7 Å². The molecule has 1 aliphatic heterocycles. The molecule has 4 nitrogen and oxygen atoms in total. The van der Waals surface area contributed by atoms with Crippen molar-refractivity contribution >= 4 is 27.2 Å². The van der Waals surface area contributed by atoms with E-state index in [2.05, 4.69) is 42.3 Å². The molecule has 1 aromatic carbocycles. The zero-order chi connectivity index (χ0) is 14.2. The molecule has 0 radical (unpaired) electrons. The molecular weight excluding hydrogens is 272 g/mol. The Kier molecular flexibility index (Phi) is 3.67. The Morgan fingerprint density at radius 1 is 1.45 bits per heavy atom. The van der Waals surface area contributed by atoms with Gasteiger partial charge in [-0.3, -0.25) is 0 Å². The Balaban J connectivity index is 1.75. The number of benzene rings is 1. The van der Waals surface area contributed by atoms with Gasteiger partial charge in [0.15, 0.2) is 0 Å². The molecule has 0 saturated carbocycles. The molecule has 20 heavy (non-hydrogen) atoms. The highest BCUT2D eigenvalue weighted by atomic mass is 32.1. The number of anilines is 1. The standard InChI is InChI=1S/C15H20N2O2S/c1-10(2)14-17-12-4-3-11(5-13(12)20-14)16-6-15(7-18)8-19-9-15/h3-5,10,16,18H,6-9H2,1-2H3. The van der Waals surface area contributed by atoms with Gasteiger partial charge in [-0.15, -0.1) is 11.3 Å². The summed E-state index contributed by atoms with van der Waals surface area (Å²) in [7, 11) is 0. The molecule has 0 atom stereocenters. The zero-order valence-electron chi connectivity index (χ0n) is 11.8. The second-order valence-corrected chi connectivity index (χ2v) is 6.96. The molecule has 2 aromatic rings. The molecule has 0 unspecified atom stereocenters. The minimum atomic E-state index is -0.105. The zero-order valence-corrected chi connectivity index (χ0v) is 12.7. The molecule has 108 valence electrons. The normalized spacial score (nSPS) is 17.4. The summed E-state index contributed by atoms with van der Waals surface area (Å²) in [5.41, 5.74) is 2.04. The first kappa shape index (κ1) is 13.8. The van der Waals surface area contributed by atoms with Crippen LogP contribution in [-0.4, -0.2) is 36.5 Å². The van der Waals surface area contributed by atoms with Crippen molar-refractivity contribution in [1.29, 1.82) is 0 Å². The number of aliphatic hydroxyl groups is 1. The minimum Gasteiger partial charge on any atom is -0.396 e. The summed E-state index contributed by atoms with van der Waals surface area (Å²) in [4.78, 5) is 4.64. The Morgan fingerprint density at radius 2 is 2.25 bits per heavy atom. The van der Waals surface area contributed by atoms with Gasteiger partial charge in [0.25, 0.3) is 0 Å². The Hall–Kier alpha value is -1.17. The smallest absolute Gasteiger partial charge is 0.0963 e. The fourth-order valence-electron chi connectivity index (χ4n) is 2.23. The quantitative estimate of drug-likeness (QED) is 0.890. The third kappa shape index (κ3) is 2.53. The Labute approximate surface area is 122 Å². The minimum absolute atomic E-state index is 0.105. The molecule has 1 fully saturated rings. The van der Waals surface area contributed by atoms with Crippen molar-refractivity contribution in [3.63, 3.8) is 0 Å². The van der Waals surface area contributed by atoms with Crippen LogP contribution < -0.4 is 5.32 Å². The van der Waals surface area contributed by atoms with Crippen LogP contribution in [0.25, 0.3) is 10.2 Å². The molecular formula is C15H20N2O2S. The first-order valence-electron chi connectivity index (χ1n) is 6.95. The number of ether oxygens (including phenoxy) is 1. The number of aliphatic hydroxyl groups excluding tert-OH is 1. The van der Waals surface area contributed by atoms with Gasteiger partial charge < -0.3 is 15.2 Å². The number of nitrogens with zero attached hydrogens (tertiary/aromatic N) is 1. The maximum absolute atomic E-state index is 9.42. The van der Waals surface area contributed by atoms with Crippen LogP contribution in [0.2, 0.25) is 0 Å². The van der Waals surface area contributed by atoms with Crippen molar-refractivity contribution in [3.8, 4) is 0 Å². The second-order valence-electron chi connectivity index (χ2n) is 5.89. The predicted octanol–water partition coefficient (Wildman–Crippen LogP) is 2.84. The van der Waals surface area contributed by atoms with Crippen molar-refractivity contribution < 1.29 is 9.84 Å². The third-order valence-electron chi connectivity index (χ3n) is 3.72. The van der Waals surface area contributed by atoms with E-state index in [9.17, 15) is 5.11 Å². The van der Waals surface area contributed by atoms with E-state index in [1.807, 2.05) is 0 Å². The monoisotopic (exact) mass is 292 g/mol. The van der Waals surface area contributed by atoms with Crippen LogP contribution in [-0.2, 0) is 4.74 Å². The van der Waals surface area contributed by atoms with Crippen LogP contribution in [0, 0.1) is 5.41 Å². The number of thiazole rings is 1. The second kappa shape index (κ2) is 5.31. The number of hydrogen-bond donors (Lipinski definition) is 2. The van der Waals surface area contributed by atoms with Crippen molar-refractivity contribution in [3.05, 3.63) is 23.2 Å². The number of nitrogens with one attached hydrogen (secondary N) is 1. The summed E-state index contributed by atoms with van der Waals surface area (Å²) >= 11 is 1.75. The third-order valence-corrected chi connectivity index (χ3v) is 5.04. The summed E-state index contributed by atoms with van der Waals surface area (Å²) in [6.45, 7) is 6.51. The van der Waals surface area contributed by atoms with E-state index in [-0.39, 0.29) is 12.0 Å². The molecule has 2 heterocycles. The van der Waals surface area contributed by atoms with E-state index in [0.29, 0.717) is 19.1 Å². The molecule has 1 aromatic heterocycles. The van der Waals surface area contributed by atoms with Gasteiger partial charge >= 0.3 is 0 Å². The number of rotatable bonds is 5. The molecule has 2 N–H and O–H groups in total. The summed E-state index contributed by atoms with van der Waals surface area (Å²) in [5.74, 6) is 0.466. The number of fused-ring (bicyclic) bond motifs is 1. The largest absolute Gasteiger partial charge is 0.396 e. The van der Waals surface area contributed by atoms with Crippen LogP contribution >= 0.6 is 11.3 Å². The van der Waals surface area contributed by atoms with E-state index < -0.39 is 0 Å². The highest BCUT2D eigenvalue weighted by Crippen LogP contribution is 2.31. The van der Waals surface area contributed by atoms with E-state index in [1.165, 1.54) is 9.71 Å². The molecule has 1 aliphatic rings. The highest BCUT2D eigenvalue weighted by Gasteiger charge is 2.37. The van der Waals surface area contributed by atoms with Crippen molar-refractivity contribution in [2.24, 2.45) is 5.41 Å². The maximum Gasteiger partial charge on any atom is 0.0963 e. The summed E-state index contributed by atoms with van der Waals surface area (Å²) in [6.07, 6.45) is 0. The number of hydrogen-bond acceptors (Lipinski definition) is 5. The fourth-order valence-corrected chi connectivity index (χ4v) is 3.24. The van der Waals surface area contributed by atoms with Gasteiger partial charge in [-0.25, -0.2) is 4.98 Å². The highest BCUT2D eigenvalue weighted by molar-refractivity contribution is 7.18. The summed E-state index contributed by atoms with van der Waals surface area (Å²) < 4.78 is 6.42. The lowest BCUT2D eigenvalue weighted by molar-refractivity contribution is -0.128. The van der Waals surface area contributed by atoms with Gasteiger partial charge in [0.2, 0.25) is 0 Å². The fraction of sp³-hybridized carbons (Fsp3) is 0.533. The van der Waals surface area contributed by atoms with Crippen molar-refractivity contribution in [1.82, 2.24) is 4.98 Å². The average molecular weight is 292 g/mol. The van der Waals surface area contributed by atoms with Crippen molar-refractivity contribution in [2.45, 2.75) is 19.8 Å². The van der Waals surface area contributed by atoms with Gasteiger partial charge in [-0.05, 0) is 18.2 Å². The molecule has 0 spiro atoms. The van der Waals surface area contributed by atoms with Gasteiger partial charge in [-0.1, -0.05) is 13.8 Å². The van der Waals surface area contributed by atoms with Gasteiger partial charge in [0, 0.05) is 18.2 Å². The number of aromatic nitrogens is 1. The van der Waals surface area contributed by atoms with E-state index >= 15 is 0 Å². The molecule has 5 heteroatoms. The first-order chi connectivity index (χ1) is 9.62. The molecule has 1 saturated heterocycles. The first-order valence-corrected chi connectivity index (χ1v) is 7.76. The van der Waals surface area contributed by atoms with Crippen LogP contribution in [0.4, 0.5) is 5.69 Å². The maximum atomic E-state index is 9.42. The van der Waals surface area contributed by atoms with Crippen molar-refractivity contribution in [2.75, 3.05) is 31.7 Å². The summed E-state index contributed by atoms with van der Waals surface area (Å²) in [6, 6.07) is 6.25. The topological polar surface area (TPSA) is 54.4 Å². The van der Waals surface area contributed by atoms with Crippen LogP contribution in [0.5, 0.6) is 0 Å². The van der Waals surface area contributed by atoms with Crippen LogP contribution in [0.1, 0.15) is 24.8 Å². The van der Waals surface area contributed by atoms with Gasteiger partial charge in [0.1, 0.15) is 0 Å². The van der Waals surface area contributed by atoms with Crippen LogP contribution in [0.3, 0.4) is 0 Å². The lowest BCUT2D eigenvalue weighted by atomic mass is 9.87. The molecule has 0 amide bonds.